The molecule has 0 spiro atoms. The Hall–Kier alpha value is -1.87. The number of anilines is 1. The molecular formula is C18H21N5OS2. The van der Waals surface area contributed by atoms with E-state index in [9.17, 15) is 0 Å². The molecule has 0 aliphatic carbocycles. The molecule has 8 heteroatoms. The van der Waals surface area contributed by atoms with Crippen molar-refractivity contribution >= 4 is 28.8 Å². The highest BCUT2D eigenvalue weighted by Gasteiger charge is 2.26. The summed E-state index contributed by atoms with van der Waals surface area (Å²) in [5.41, 5.74) is 2.34. The largest absolute Gasteiger partial charge is 0.378 e. The van der Waals surface area contributed by atoms with Crippen LogP contribution in [0.25, 0.3) is 10.7 Å². The second-order valence-electron chi connectivity index (χ2n) is 6.29. The van der Waals surface area contributed by atoms with Gasteiger partial charge in [0.05, 0.1) is 11.0 Å². The number of aromatic amines is 1. The maximum atomic E-state index is 6.14. The second-order valence-corrected chi connectivity index (χ2v) is 8.22. The van der Waals surface area contributed by atoms with Gasteiger partial charge in [0, 0.05) is 32.1 Å². The van der Waals surface area contributed by atoms with Crippen LogP contribution < -0.4 is 10.2 Å². The van der Waals surface area contributed by atoms with E-state index in [1.165, 1.54) is 5.69 Å². The van der Waals surface area contributed by atoms with Gasteiger partial charge in [-0.1, -0.05) is 30.0 Å². The number of thiophene rings is 1. The lowest BCUT2D eigenvalue weighted by Gasteiger charge is -2.16. The predicted octanol–water partition coefficient (Wildman–Crippen LogP) is 3.38. The van der Waals surface area contributed by atoms with Crippen molar-refractivity contribution in [2.24, 2.45) is 0 Å². The van der Waals surface area contributed by atoms with Gasteiger partial charge < -0.3 is 9.64 Å². The molecule has 136 valence electrons. The predicted molar refractivity (Wildman–Crippen MR) is 107 cm³/mol. The van der Waals surface area contributed by atoms with Crippen molar-refractivity contribution in [2.45, 2.75) is 17.5 Å². The number of nitrogens with one attached hydrogen (secondary N) is 2. The molecule has 0 unspecified atom stereocenters. The zero-order chi connectivity index (χ0) is 17.9. The number of aromatic nitrogens is 3. The molecule has 0 bridgehead atoms. The molecule has 0 amide bonds. The van der Waals surface area contributed by atoms with E-state index in [4.69, 9.17) is 4.74 Å². The van der Waals surface area contributed by atoms with E-state index in [1.807, 2.05) is 31.6 Å². The van der Waals surface area contributed by atoms with Gasteiger partial charge in [0.1, 0.15) is 6.23 Å². The molecule has 2 aromatic heterocycles. The molecule has 1 fully saturated rings. The molecule has 4 rings (SSSR count). The molecule has 1 aliphatic heterocycles. The van der Waals surface area contributed by atoms with Gasteiger partial charge in [-0.3, -0.25) is 10.4 Å². The zero-order valence-corrected chi connectivity index (χ0v) is 16.3. The van der Waals surface area contributed by atoms with Gasteiger partial charge in [-0.05, 0) is 29.1 Å². The lowest BCUT2D eigenvalue weighted by atomic mass is 10.2. The van der Waals surface area contributed by atoms with E-state index in [0.29, 0.717) is 0 Å². The summed E-state index contributed by atoms with van der Waals surface area (Å²) in [6, 6.07) is 12.5. The normalized spacial score (nSPS) is 19.8. The topological polar surface area (TPSA) is 66.1 Å². The number of hydrogen-bond donors (Lipinski definition) is 2. The second kappa shape index (κ2) is 7.79. The van der Waals surface area contributed by atoms with Gasteiger partial charge in [0.2, 0.25) is 5.16 Å². The Kier molecular flexibility index (Phi) is 5.26. The Morgan fingerprint density at radius 1 is 1.27 bits per heavy atom. The highest BCUT2D eigenvalue weighted by atomic mass is 32.2. The van der Waals surface area contributed by atoms with Crippen LogP contribution in [-0.2, 0) is 4.74 Å². The fourth-order valence-corrected chi connectivity index (χ4v) is 4.23. The molecule has 0 radical (unpaired) electrons. The van der Waals surface area contributed by atoms with Crippen molar-refractivity contribution in [1.29, 1.82) is 0 Å². The molecule has 3 heterocycles. The summed E-state index contributed by atoms with van der Waals surface area (Å²) in [7, 11) is 4.08. The van der Waals surface area contributed by atoms with Crippen molar-refractivity contribution in [1.82, 2.24) is 20.5 Å². The first-order valence-corrected chi connectivity index (χ1v) is 10.3. The molecule has 3 aromatic rings. The highest BCUT2D eigenvalue weighted by molar-refractivity contribution is 7.99. The third-order valence-electron chi connectivity index (χ3n) is 4.19. The van der Waals surface area contributed by atoms with Crippen LogP contribution in [0.15, 0.2) is 46.9 Å². The lowest BCUT2D eigenvalue weighted by molar-refractivity contribution is 0.0534. The first-order chi connectivity index (χ1) is 12.7. The first-order valence-electron chi connectivity index (χ1n) is 8.44. The SMILES string of the molecule is CN(C)c1ccc([C@H]2NC[C@H](CSc3n[nH]c(-c4cccs4)n3)O2)cc1. The van der Waals surface area contributed by atoms with Crippen LogP contribution in [0, 0.1) is 0 Å². The van der Waals surface area contributed by atoms with Gasteiger partial charge >= 0.3 is 0 Å². The third kappa shape index (κ3) is 3.93. The van der Waals surface area contributed by atoms with Crippen molar-refractivity contribution in [2.75, 3.05) is 31.3 Å². The zero-order valence-electron chi connectivity index (χ0n) is 14.7. The number of nitrogens with zero attached hydrogens (tertiary/aromatic N) is 3. The minimum absolute atomic E-state index is 0.0503. The van der Waals surface area contributed by atoms with Gasteiger partial charge in [0.25, 0.3) is 0 Å². The Morgan fingerprint density at radius 3 is 2.85 bits per heavy atom. The third-order valence-corrected chi connectivity index (χ3v) is 6.05. The molecule has 1 saturated heterocycles. The number of benzene rings is 1. The standard InChI is InChI=1S/C18H21N5OS2/c1-23(2)13-7-5-12(6-8-13)17-19-10-14(24-17)11-26-18-20-16(21-22-18)15-4-3-9-25-15/h3-9,14,17,19H,10-11H2,1-2H3,(H,20,21,22)/t14-,17+/m1/s1. The average Bonchev–Trinajstić information content (AvgIpc) is 3.40. The van der Waals surface area contributed by atoms with Crippen LogP contribution in [0.3, 0.4) is 0 Å². The Morgan fingerprint density at radius 2 is 2.12 bits per heavy atom. The summed E-state index contributed by atoms with van der Waals surface area (Å²) < 4.78 is 6.14. The fraction of sp³-hybridized carbons (Fsp3) is 0.333. The van der Waals surface area contributed by atoms with Crippen LogP contribution in [0.1, 0.15) is 11.8 Å². The van der Waals surface area contributed by atoms with Crippen LogP contribution in [0.4, 0.5) is 5.69 Å². The molecule has 2 atom stereocenters. The summed E-state index contributed by atoms with van der Waals surface area (Å²) in [5.74, 6) is 1.65. The van der Waals surface area contributed by atoms with E-state index in [-0.39, 0.29) is 12.3 Å². The van der Waals surface area contributed by atoms with Crippen LogP contribution >= 0.6 is 23.1 Å². The molecule has 1 aromatic carbocycles. The maximum absolute atomic E-state index is 6.14. The average molecular weight is 388 g/mol. The number of rotatable bonds is 6. The molecule has 2 N–H and O–H groups in total. The number of H-pyrrole nitrogens is 1. The van der Waals surface area contributed by atoms with Crippen LogP contribution in [0.5, 0.6) is 0 Å². The number of ether oxygens (including phenoxy) is 1. The van der Waals surface area contributed by atoms with Crippen molar-refractivity contribution in [3.63, 3.8) is 0 Å². The minimum atomic E-state index is -0.0503. The quantitative estimate of drug-likeness (QED) is 0.632. The van der Waals surface area contributed by atoms with Crippen LogP contribution in [0.2, 0.25) is 0 Å². The number of thioether (sulfide) groups is 1. The van der Waals surface area contributed by atoms with E-state index in [1.54, 1.807) is 23.1 Å². The van der Waals surface area contributed by atoms with Crippen molar-refractivity contribution in [3.05, 3.63) is 47.3 Å². The molecule has 6 nitrogen and oxygen atoms in total. The Balaban J connectivity index is 1.30. The summed E-state index contributed by atoms with van der Waals surface area (Å²) >= 11 is 3.27. The van der Waals surface area contributed by atoms with Gasteiger partial charge in [0.15, 0.2) is 5.82 Å². The van der Waals surface area contributed by atoms with E-state index in [2.05, 4.69) is 49.7 Å². The minimum Gasteiger partial charge on any atom is -0.378 e. The summed E-state index contributed by atoms with van der Waals surface area (Å²) in [5, 5.41) is 13.5. The first kappa shape index (κ1) is 17.5. The summed E-state index contributed by atoms with van der Waals surface area (Å²) in [6.07, 6.45) is 0.0906. The van der Waals surface area contributed by atoms with E-state index < -0.39 is 0 Å². The fourth-order valence-electron chi connectivity index (χ4n) is 2.77. The van der Waals surface area contributed by atoms with E-state index in [0.717, 1.165) is 33.7 Å². The monoisotopic (exact) mass is 387 g/mol. The van der Waals surface area contributed by atoms with Crippen LogP contribution in [-0.4, -0.2) is 47.7 Å². The smallest absolute Gasteiger partial charge is 0.208 e. The van der Waals surface area contributed by atoms with Gasteiger partial charge in [-0.15, -0.1) is 16.4 Å². The van der Waals surface area contributed by atoms with E-state index >= 15 is 0 Å². The Bertz CT molecular complexity index is 832. The number of hydrogen-bond acceptors (Lipinski definition) is 7. The Labute approximate surface area is 161 Å². The molecule has 1 aliphatic rings. The molecule has 26 heavy (non-hydrogen) atoms. The molecule has 0 saturated carbocycles. The van der Waals surface area contributed by atoms with Gasteiger partial charge in [-0.25, -0.2) is 4.98 Å². The van der Waals surface area contributed by atoms with Crippen molar-refractivity contribution < 1.29 is 4.74 Å². The molecular weight excluding hydrogens is 366 g/mol. The maximum Gasteiger partial charge on any atom is 0.208 e. The summed E-state index contributed by atoms with van der Waals surface area (Å²) in [6.45, 7) is 0.829. The van der Waals surface area contributed by atoms with Crippen molar-refractivity contribution in [3.8, 4) is 10.7 Å². The van der Waals surface area contributed by atoms with Gasteiger partial charge in [-0.2, -0.15) is 0 Å². The highest BCUT2D eigenvalue weighted by Crippen LogP contribution is 2.27. The summed E-state index contributed by atoms with van der Waals surface area (Å²) in [4.78, 5) is 7.74. The lowest BCUT2D eigenvalue weighted by Crippen LogP contribution is -2.17.